The molecule has 0 spiro atoms. The highest BCUT2D eigenvalue weighted by molar-refractivity contribution is 5.98. The zero-order valence-corrected chi connectivity index (χ0v) is 10.7. The Morgan fingerprint density at radius 1 is 1.47 bits per heavy atom. The Bertz CT molecular complexity index is 660. The number of nitrogens with one attached hydrogen (secondary N) is 1. The number of hydrogen-bond acceptors (Lipinski definition) is 3. The average Bonchev–Trinajstić information content (AvgIpc) is 2.75. The molecule has 5 nitrogen and oxygen atoms in total. The van der Waals surface area contributed by atoms with Crippen LogP contribution < -0.4 is 5.32 Å². The van der Waals surface area contributed by atoms with Crippen molar-refractivity contribution in [3.05, 3.63) is 30.1 Å². The van der Waals surface area contributed by atoms with Gasteiger partial charge in [0.25, 0.3) is 0 Å². The van der Waals surface area contributed by atoms with Crippen LogP contribution in [0.3, 0.4) is 0 Å². The van der Waals surface area contributed by atoms with Crippen molar-refractivity contribution in [2.24, 2.45) is 13.0 Å². The highest BCUT2D eigenvalue weighted by atomic mass is 16.2. The lowest BCUT2D eigenvalue weighted by atomic mass is 9.92. The first kappa shape index (κ1) is 11.9. The summed E-state index contributed by atoms with van der Waals surface area (Å²) >= 11 is 0. The molecule has 3 heterocycles. The molecule has 1 saturated heterocycles. The number of amides is 2. The predicted molar refractivity (Wildman–Crippen MR) is 70.3 cm³/mol. The molecule has 0 bridgehead atoms. The number of hydrogen-bond donors (Lipinski definition) is 1. The van der Waals surface area contributed by atoms with Crippen LogP contribution in [0.25, 0.3) is 11.0 Å². The Balaban J connectivity index is 1.83. The Morgan fingerprint density at radius 3 is 3.11 bits per heavy atom. The monoisotopic (exact) mass is 257 g/mol. The average molecular weight is 257 g/mol. The van der Waals surface area contributed by atoms with Gasteiger partial charge in [0.15, 0.2) is 0 Å². The van der Waals surface area contributed by atoms with E-state index in [2.05, 4.69) is 16.4 Å². The van der Waals surface area contributed by atoms with Crippen LogP contribution >= 0.6 is 0 Å². The molecule has 3 rings (SSSR count). The predicted octanol–water partition coefficient (Wildman–Crippen LogP) is 1.17. The number of nitrogens with zero attached hydrogens (tertiary/aromatic N) is 2. The SMILES string of the molecule is Cn1ccc2ncc(CC3CCC(=O)NC3=O)cc21. The van der Waals surface area contributed by atoms with E-state index in [9.17, 15) is 9.59 Å². The van der Waals surface area contributed by atoms with Crippen molar-refractivity contribution < 1.29 is 9.59 Å². The van der Waals surface area contributed by atoms with Crippen LogP contribution in [0.5, 0.6) is 0 Å². The zero-order valence-electron chi connectivity index (χ0n) is 10.7. The number of aryl methyl sites for hydroxylation is 1. The number of piperidine rings is 1. The molecule has 1 unspecified atom stereocenters. The molecule has 2 amide bonds. The van der Waals surface area contributed by atoms with Gasteiger partial charge in [-0.05, 0) is 30.5 Å². The topological polar surface area (TPSA) is 64.0 Å². The van der Waals surface area contributed by atoms with Gasteiger partial charge in [0.1, 0.15) is 0 Å². The molecule has 0 aliphatic carbocycles. The number of pyridine rings is 1. The first-order chi connectivity index (χ1) is 9.13. The van der Waals surface area contributed by atoms with E-state index in [0.29, 0.717) is 19.3 Å². The fourth-order valence-electron chi connectivity index (χ4n) is 2.51. The molecule has 0 saturated carbocycles. The largest absolute Gasteiger partial charge is 0.349 e. The zero-order chi connectivity index (χ0) is 13.4. The fourth-order valence-corrected chi connectivity index (χ4v) is 2.51. The standard InChI is InChI=1S/C14H15N3O2/c1-17-5-4-11-12(17)7-9(8-15-11)6-10-2-3-13(18)16-14(10)19/h4-5,7-8,10H,2-3,6H2,1H3,(H,16,18,19). The summed E-state index contributed by atoms with van der Waals surface area (Å²) in [7, 11) is 1.97. The minimum absolute atomic E-state index is 0.128. The maximum atomic E-state index is 11.7. The van der Waals surface area contributed by atoms with E-state index in [1.165, 1.54) is 0 Å². The molecule has 1 N–H and O–H groups in total. The second-order valence-corrected chi connectivity index (χ2v) is 5.03. The van der Waals surface area contributed by atoms with Gasteiger partial charge in [-0.2, -0.15) is 0 Å². The van der Waals surface area contributed by atoms with Gasteiger partial charge in [0, 0.05) is 31.8 Å². The van der Waals surface area contributed by atoms with Crippen LogP contribution in [0.2, 0.25) is 0 Å². The highest BCUT2D eigenvalue weighted by Crippen LogP contribution is 2.20. The molecule has 0 aromatic carbocycles. The molecular formula is C14H15N3O2. The third kappa shape index (κ3) is 2.23. The molecule has 0 radical (unpaired) electrons. The molecule has 98 valence electrons. The van der Waals surface area contributed by atoms with Crippen LogP contribution in [0.15, 0.2) is 24.5 Å². The molecule has 5 heteroatoms. The molecule has 19 heavy (non-hydrogen) atoms. The van der Waals surface area contributed by atoms with Crippen molar-refractivity contribution in [1.82, 2.24) is 14.9 Å². The number of imide groups is 1. The van der Waals surface area contributed by atoms with Gasteiger partial charge in [-0.1, -0.05) is 0 Å². The normalized spacial score (nSPS) is 19.7. The number of carbonyl (C=O) groups is 2. The van der Waals surface area contributed by atoms with Crippen molar-refractivity contribution in [3.63, 3.8) is 0 Å². The van der Waals surface area contributed by atoms with E-state index in [4.69, 9.17) is 0 Å². The minimum Gasteiger partial charge on any atom is -0.349 e. The van der Waals surface area contributed by atoms with Crippen molar-refractivity contribution in [1.29, 1.82) is 0 Å². The van der Waals surface area contributed by atoms with Gasteiger partial charge in [-0.3, -0.25) is 19.9 Å². The summed E-state index contributed by atoms with van der Waals surface area (Å²) in [5.41, 5.74) is 3.04. The summed E-state index contributed by atoms with van der Waals surface area (Å²) in [5.74, 6) is -0.460. The van der Waals surface area contributed by atoms with Crippen molar-refractivity contribution in [2.75, 3.05) is 0 Å². The van der Waals surface area contributed by atoms with E-state index in [-0.39, 0.29) is 17.7 Å². The maximum absolute atomic E-state index is 11.7. The molecule has 1 atom stereocenters. The Kier molecular flexibility index (Phi) is 2.81. The second-order valence-electron chi connectivity index (χ2n) is 5.03. The van der Waals surface area contributed by atoms with Crippen molar-refractivity contribution in [3.8, 4) is 0 Å². The van der Waals surface area contributed by atoms with Crippen LogP contribution in [0.4, 0.5) is 0 Å². The first-order valence-corrected chi connectivity index (χ1v) is 6.37. The van der Waals surface area contributed by atoms with E-state index in [1.54, 1.807) is 0 Å². The molecule has 2 aromatic heterocycles. The molecule has 1 aliphatic rings. The van der Waals surface area contributed by atoms with Gasteiger partial charge in [0.2, 0.25) is 11.8 Å². The van der Waals surface area contributed by atoms with Crippen molar-refractivity contribution >= 4 is 22.8 Å². The lowest BCUT2D eigenvalue weighted by Gasteiger charge is -2.20. The summed E-state index contributed by atoms with van der Waals surface area (Å²) in [6.45, 7) is 0. The quantitative estimate of drug-likeness (QED) is 0.821. The minimum atomic E-state index is -0.169. The van der Waals surface area contributed by atoms with Gasteiger partial charge in [0.05, 0.1) is 11.0 Å². The molecular weight excluding hydrogens is 242 g/mol. The summed E-state index contributed by atoms with van der Waals surface area (Å²) in [5, 5.41) is 2.39. The second kappa shape index (κ2) is 4.50. The Labute approximate surface area is 110 Å². The Morgan fingerprint density at radius 2 is 2.32 bits per heavy atom. The number of rotatable bonds is 2. The van der Waals surface area contributed by atoms with E-state index >= 15 is 0 Å². The molecule has 1 fully saturated rings. The first-order valence-electron chi connectivity index (χ1n) is 6.37. The van der Waals surface area contributed by atoms with Crippen LogP contribution in [0, 0.1) is 5.92 Å². The van der Waals surface area contributed by atoms with Crippen molar-refractivity contribution in [2.45, 2.75) is 19.3 Å². The molecule has 1 aliphatic heterocycles. The van der Waals surface area contributed by atoms with Crippen LogP contribution in [0.1, 0.15) is 18.4 Å². The highest BCUT2D eigenvalue weighted by Gasteiger charge is 2.26. The molecule has 2 aromatic rings. The Hall–Kier alpha value is -2.17. The van der Waals surface area contributed by atoms with Gasteiger partial charge < -0.3 is 4.57 Å². The van der Waals surface area contributed by atoms with E-state index < -0.39 is 0 Å². The number of aromatic nitrogens is 2. The number of fused-ring (bicyclic) bond motifs is 1. The van der Waals surface area contributed by atoms with Gasteiger partial charge >= 0.3 is 0 Å². The summed E-state index contributed by atoms with van der Waals surface area (Å²) in [6.07, 6.45) is 5.46. The number of carbonyl (C=O) groups excluding carboxylic acids is 2. The lowest BCUT2D eigenvalue weighted by Crippen LogP contribution is -2.41. The summed E-state index contributed by atoms with van der Waals surface area (Å²) in [4.78, 5) is 27.2. The van der Waals surface area contributed by atoms with Gasteiger partial charge in [-0.25, -0.2) is 0 Å². The van der Waals surface area contributed by atoms with E-state index in [1.807, 2.05) is 30.1 Å². The van der Waals surface area contributed by atoms with Crippen LogP contribution in [-0.2, 0) is 23.1 Å². The maximum Gasteiger partial charge on any atom is 0.230 e. The third-order valence-electron chi connectivity index (χ3n) is 3.63. The van der Waals surface area contributed by atoms with E-state index in [0.717, 1.165) is 16.6 Å². The third-order valence-corrected chi connectivity index (χ3v) is 3.63. The van der Waals surface area contributed by atoms with Gasteiger partial charge in [-0.15, -0.1) is 0 Å². The lowest BCUT2D eigenvalue weighted by molar-refractivity contribution is -0.136. The summed E-state index contributed by atoms with van der Waals surface area (Å²) in [6, 6.07) is 4.02. The summed E-state index contributed by atoms with van der Waals surface area (Å²) < 4.78 is 2.01. The smallest absolute Gasteiger partial charge is 0.230 e. The fraction of sp³-hybridized carbons (Fsp3) is 0.357. The van der Waals surface area contributed by atoms with Crippen LogP contribution in [-0.4, -0.2) is 21.4 Å².